The van der Waals surface area contributed by atoms with Crippen LogP contribution in [0.4, 0.5) is 0 Å². The van der Waals surface area contributed by atoms with E-state index < -0.39 is 0 Å². The van der Waals surface area contributed by atoms with E-state index in [0.29, 0.717) is 23.2 Å². The molecule has 0 amide bonds. The predicted octanol–water partition coefficient (Wildman–Crippen LogP) is 3.96. The molecule has 0 unspecified atom stereocenters. The first-order chi connectivity index (χ1) is 14.7. The maximum atomic E-state index is 11.3. The number of hydrogen-bond donors (Lipinski definition) is 2. The third-order valence-electron chi connectivity index (χ3n) is 5.20. The molecule has 0 radical (unpaired) electrons. The second kappa shape index (κ2) is 7.68. The molecule has 0 aliphatic heterocycles. The fourth-order valence-electron chi connectivity index (χ4n) is 3.26. The molecule has 1 aliphatic rings. The van der Waals surface area contributed by atoms with E-state index in [2.05, 4.69) is 49.7 Å². The van der Waals surface area contributed by atoms with Crippen molar-refractivity contribution < 1.29 is 5.95 Å². The molecular weight excluding hydrogens is 378 g/mol. The standard InChI is InChI=1S/C23H21N5O2.H2/c1-14-23(27-20(13-24-14)17-6-9-22(29)26-12-17)21-10-19(28-30-21)16-4-2-15(3-5-16)11-25-18-7-8-18;/h2-6,9-10,12-13,18,25H,7-8,11H2,1H3,(H,26,29);1H. The minimum atomic E-state index is -0.159. The Morgan fingerprint density at radius 1 is 1.13 bits per heavy atom. The normalized spacial score (nSPS) is 13.5. The number of rotatable bonds is 6. The highest BCUT2D eigenvalue weighted by atomic mass is 16.5. The maximum absolute atomic E-state index is 11.3. The predicted molar refractivity (Wildman–Crippen MR) is 116 cm³/mol. The molecule has 0 atom stereocenters. The van der Waals surface area contributed by atoms with Gasteiger partial charge in [-0.2, -0.15) is 0 Å². The molecule has 4 aromatic rings. The first-order valence-corrected chi connectivity index (χ1v) is 9.98. The number of nitrogens with one attached hydrogen (secondary N) is 2. The van der Waals surface area contributed by atoms with Gasteiger partial charge in [0.25, 0.3) is 0 Å². The molecule has 7 nitrogen and oxygen atoms in total. The highest BCUT2D eigenvalue weighted by Crippen LogP contribution is 2.28. The monoisotopic (exact) mass is 401 g/mol. The first kappa shape index (κ1) is 18.4. The first-order valence-electron chi connectivity index (χ1n) is 9.98. The zero-order chi connectivity index (χ0) is 20.5. The van der Waals surface area contributed by atoms with Crippen LogP contribution in [0.25, 0.3) is 34.0 Å². The summed E-state index contributed by atoms with van der Waals surface area (Å²) in [4.78, 5) is 23.1. The van der Waals surface area contributed by atoms with Gasteiger partial charge in [0.15, 0.2) is 5.76 Å². The van der Waals surface area contributed by atoms with E-state index in [-0.39, 0.29) is 6.99 Å². The zero-order valence-corrected chi connectivity index (χ0v) is 16.6. The van der Waals surface area contributed by atoms with E-state index in [0.717, 1.165) is 29.1 Å². The zero-order valence-electron chi connectivity index (χ0n) is 16.6. The van der Waals surface area contributed by atoms with Crippen LogP contribution >= 0.6 is 0 Å². The van der Waals surface area contributed by atoms with Crippen LogP contribution in [0.15, 0.2) is 64.2 Å². The van der Waals surface area contributed by atoms with Gasteiger partial charge in [-0.1, -0.05) is 29.4 Å². The van der Waals surface area contributed by atoms with Gasteiger partial charge < -0.3 is 14.8 Å². The van der Waals surface area contributed by atoms with Crippen molar-refractivity contribution in [3.63, 3.8) is 0 Å². The van der Waals surface area contributed by atoms with Crippen LogP contribution in [-0.2, 0) is 6.54 Å². The Kier molecular flexibility index (Phi) is 4.72. The van der Waals surface area contributed by atoms with Gasteiger partial charge in [-0.05, 0) is 31.4 Å². The SMILES string of the molecule is Cc1ncc(-c2ccc(=O)[nH]c2)nc1-c1cc(-c2ccc(CNC3CC3)cc2)no1.[HH]. The summed E-state index contributed by atoms with van der Waals surface area (Å²) in [5, 5.41) is 7.74. The molecule has 1 fully saturated rings. The molecule has 1 aromatic carbocycles. The molecule has 3 heterocycles. The number of pyridine rings is 1. The summed E-state index contributed by atoms with van der Waals surface area (Å²) in [7, 11) is 0. The van der Waals surface area contributed by atoms with Crippen molar-refractivity contribution in [3.8, 4) is 34.0 Å². The number of H-pyrrole nitrogens is 1. The second-order valence-electron chi connectivity index (χ2n) is 7.56. The number of hydrogen-bond acceptors (Lipinski definition) is 6. The summed E-state index contributed by atoms with van der Waals surface area (Å²) in [6, 6.07) is 14.1. The van der Waals surface area contributed by atoms with Gasteiger partial charge in [-0.3, -0.25) is 9.78 Å². The van der Waals surface area contributed by atoms with E-state index in [1.807, 2.05) is 13.0 Å². The second-order valence-corrected chi connectivity index (χ2v) is 7.56. The summed E-state index contributed by atoms with van der Waals surface area (Å²) >= 11 is 0. The average molecular weight is 401 g/mol. The van der Waals surface area contributed by atoms with Crippen molar-refractivity contribution in [2.75, 3.05) is 0 Å². The van der Waals surface area contributed by atoms with Crippen molar-refractivity contribution in [2.45, 2.75) is 32.4 Å². The van der Waals surface area contributed by atoms with Gasteiger partial charge in [-0.15, -0.1) is 0 Å². The van der Waals surface area contributed by atoms with Gasteiger partial charge >= 0.3 is 0 Å². The van der Waals surface area contributed by atoms with Crippen LogP contribution < -0.4 is 10.9 Å². The number of aromatic amines is 1. The van der Waals surface area contributed by atoms with Crippen molar-refractivity contribution in [1.29, 1.82) is 0 Å². The Morgan fingerprint density at radius 2 is 1.93 bits per heavy atom. The minimum absolute atomic E-state index is 0. The largest absolute Gasteiger partial charge is 0.354 e. The van der Waals surface area contributed by atoms with Crippen molar-refractivity contribution in [3.05, 3.63) is 76.5 Å². The molecule has 5 rings (SSSR count). The quantitative estimate of drug-likeness (QED) is 0.508. The van der Waals surface area contributed by atoms with Gasteiger partial charge in [0.2, 0.25) is 5.56 Å². The van der Waals surface area contributed by atoms with E-state index in [9.17, 15) is 4.79 Å². The topological polar surface area (TPSA) is 96.7 Å². The van der Waals surface area contributed by atoms with Crippen LogP contribution in [0.1, 0.15) is 25.5 Å². The Hall–Kier alpha value is -3.58. The number of aromatic nitrogens is 4. The van der Waals surface area contributed by atoms with E-state index >= 15 is 0 Å². The lowest BCUT2D eigenvalue weighted by molar-refractivity contribution is 0.433. The summed E-state index contributed by atoms with van der Waals surface area (Å²) in [6.07, 6.45) is 5.87. The molecule has 0 spiro atoms. The average Bonchev–Trinajstić information content (AvgIpc) is 3.48. The third kappa shape index (κ3) is 3.92. The third-order valence-corrected chi connectivity index (χ3v) is 5.20. The summed E-state index contributed by atoms with van der Waals surface area (Å²) in [5.41, 5.74) is 5.63. The van der Waals surface area contributed by atoms with Crippen LogP contribution in [0, 0.1) is 6.92 Å². The number of nitrogens with zero attached hydrogens (tertiary/aromatic N) is 3. The lowest BCUT2D eigenvalue weighted by Crippen LogP contribution is -2.14. The minimum Gasteiger partial charge on any atom is -0.354 e. The van der Waals surface area contributed by atoms with Crippen molar-refractivity contribution >= 4 is 0 Å². The smallest absolute Gasteiger partial charge is 0.247 e. The lowest BCUT2D eigenvalue weighted by Gasteiger charge is -2.04. The molecule has 3 aromatic heterocycles. The van der Waals surface area contributed by atoms with Gasteiger partial charge in [-0.25, -0.2) is 4.98 Å². The van der Waals surface area contributed by atoms with Crippen LogP contribution in [0.5, 0.6) is 0 Å². The molecule has 0 bridgehead atoms. The Balaban J connectivity index is 0.00000231. The van der Waals surface area contributed by atoms with E-state index in [1.54, 1.807) is 18.5 Å². The van der Waals surface area contributed by atoms with E-state index in [1.165, 1.54) is 24.5 Å². The molecular formula is C23H23N5O2. The molecule has 2 N–H and O–H groups in total. The van der Waals surface area contributed by atoms with Crippen molar-refractivity contribution in [1.82, 2.24) is 25.4 Å². The molecule has 0 saturated heterocycles. The van der Waals surface area contributed by atoms with Crippen molar-refractivity contribution in [2.24, 2.45) is 0 Å². The van der Waals surface area contributed by atoms with E-state index in [4.69, 9.17) is 4.52 Å². The fraction of sp³-hybridized carbons (Fsp3) is 0.217. The van der Waals surface area contributed by atoms with Crippen LogP contribution in [-0.4, -0.2) is 26.2 Å². The summed E-state index contributed by atoms with van der Waals surface area (Å²) in [5.74, 6) is 0.556. The highest BCUT2D eigenvalue weighted by molar-refractivity contribution is 5.68. The van der Waals surface area contributed by atoms with Crippen LogP contribution in [0.3, 0.4) is 0 Å². The van der Waals surface area contributed by atoms with Gasteiger partial charge in [0.1, 0.15) is 11.4 Å². The van der Waals surface area contributed by atoms with Gasteiger partial charge in [0.05, 0.1) is 17.6 Å². The summed E-state index contributed by atoms with van der Waals surface area (Å²) < 4.78 is 5.59. The number of aryl methyl sites for hydroxylation is 1. The number of benzene rings is 1. The molecule has 7 heteroatoms. The molecule has 30 heavy (non-hydrogen) atoms. The van der Waals surface area contributed by atoms with Crippen LogP contribution in [0.2, 0.25) is 0 Å². The highest BCUT2D eigenvalue weighted by Gasteiger charge is 2.20. The molecule has 1 saturated carbocycles. The Labute approximate surface area is 174 Å². The Morgan fingerprint density at radius 3 is 2.67 bits per heavy atom. The lowest BCUT2D eigenvalue weighted by atomic mass is 10.1. The maximum Gasteiger partial charge on any atom is 0.247 e. The summed E-state index contributed by atoms with van der Waals surface area (Å²) in [6.45, 7) is 2.77. The van der Waals surface area contributed by atoms with Gasteiger partial charge in [0, 0.05) is 43.5 Å². The fourth-order valence-corrected chi connectivity index (χ4v) is 3.26. The molecule has 1 aliphatic carbocycles. The Bertz CT molecular complexity index is 1230. The molecule has 152 valence electrons.